The van der Waals surface area contributed by atoms with Crippen LogP contribution in [0.15, 0.2) is 333 Å². The zero-order chi connectivity index (χ0) is 52.1. The van der Waals surface area contributed by atoms with Gasteiger partial charge in [0.2, 0.25) is 0 Å². The quantitative estimate of drug-likeness (QED) is 0.110. The van der Waals surface area contributed by atoms with Gasteiger partial charge in [0.1, 0.15) is 0 Å². The van der Waals surface area contributed by atoms with Crippen LogP contribution in [0.4, 0.5) is 0 Å². The Morgan fingerprint density at radius 3 is 1.24 bits per heavy atom. The van der Waals surface area contributed by atoms with Crippen molar-refractivity contribution in [2.24, 2.45) is 11.8 Å². The molecule has 0 saturated heterocycles. The molecule has 0 bridgehead atoms. The summed E-state index contributed by atoms with van der Waals surface area (Å²) in [6, 6.07) is 41.7. The zero-order valence-electron chi connectivity index (χ0n) is 44.7. The minimum atomic E-state index is 0. The van der Waals surface area contributed by atoms with Gasteiger partial charge in [-0.3, -0.25) is 0 Å². The Morgan fingerprint density at radius 1 is 0.347 bits per heavy atom. The fraction of sp³-hybridized carbons (Fsp3) is 0.147. The van der Waals surface area contributed by atoms with E-state index in [1.165, 1.54) is 100 Å². The van der Waals surface area contributed by atoms with Gasteiger partial charge in [0.25, 0.3) is 0 Å². The SMILES string of the molecule is C.CC1=C2C(C)=C(/C=C/C=C/c3ccccc3)C=CC(/C=C/C=C/c3ccccc3)=C2C=C(C(C)C)C=C1.CC1=CC=C(C(C)C)C=C2C(/C=C/C=C/c3ccccc3)=CC=C(/C=C/C=C/c3ccccc3)C(C)=C12. The minimum Gasteiger partial charge on any atom is -0.0776 e. The van der Waals surface area contributed by atoms with Crippen LogP contribution >= 0.6 is 0 Å². The Balaban J connectivity index is 0.000000241. The van der Waals surface area contributed by atoms with Gasteiger partial charge in [-0.2, -0.15) is 0 Å². The van der Waals surface area contributed by atoms with E-state index in [1.807, 2.05) is 24.3 Å². The standard InChI is InChI=1S/2C37H36.CH4/c2*1-28(2)35-24-23-29(3)37-30(4)33(21-13-11-19-31-15-7-5-8-16-31)25-26-34(36(37)27-35)22-14-12-20-32-17-9-6-10-18-32;/h2*5-28H,1-4H3;1H4/b2*19-11+,20-12+,21-13+,22-14+;. The van der Waals surface area contributed by atoms with Gasteiger partial charge in [-0.15, -0.1) is 0 Å². The molecule has 0 N–H and O–H groups in total. The van der Waals surface area contributed by atoms with Crippen molar-refractivity contribution < 1.29 is 0 Å². The second-order valence-corrected chi connectivity index (χ2v) is 19.5. The molecule has 0 radical (unpaired) electrons. The third-order valence-electron chi connectivity index (χ3n) is 13.4. The first-order chi connectivity index (χ1) is 36.0. The molecule has 4 aromatic rings. The zero-order valence-corrected chi connectivity index (χ0v) is 44.7. The summed E-state index contributed by atoms with van der Waals surface area (Å²) in [4.78, 5) is 0. The molecule has 0 fully saturated rings. The molecule has 4 aliphatic rings. The highest BCUT2D eigenvalue weighted by Gasteiger charge is 2.21. The summed E-state index contributed by atoms with van der Waals surface area (Å²) in [5.41, 5.74) is 22.8. The Kier molecular flexibility index (Phi) is 21.5. The van der Waals surface area contributed by atoms with Gasteiger partial charge in [0.15, 0.2) is 0 Å². The summed E-state index contributed by atoms with van der Waals surface area (Å²) < 4.78 is 0. The van der Waals surface area contributed by atoms with Gasteiger partial charge in [-0.1, -0.05) is 314 Å². The van der Waals surface area contributed by atoms with Gasteiger partial charge in [-0.25, -0.2) is 0 Å². The maximum absolute atomic E-state index is 2.38. The van der Waals surface area contributed by atoms with Crippen LogP contribution in [-0.2, 0) is 0 Å². The molecule has 0 atom stereocenters. The molecule has 376 valence electrons. The second-order valence-electron chi connectivity index (χ2n) is 19.5. The minimum absolute atomic E-state index is 0. The number of hydrogen-bond donors (Lipinski definition) is 0. The largest absolute Gasteiger partial charge is 0.0776 e. The van der Waals surface area contributed by atoms with E-state index in [-0.39, 0.29) is 7.43 Å². The summed E-state index contributed by atoms with van der Waals surface area (Å²) in [5, 5.41) is 0. The van der Waals surface area contributed by atoms with Crippen LogP contribution in [0.1, 0.15) is 85.1 Å². The predicted molar refractivity (Wildman–Crippen MR) is 332 cm³/mol. The van der Waals surface area contributed by atoms with Crippen LogP contribution in [0, 0.1) is 11.8 Å². The van der Waals surface area contributed by atoms with Crippen LogP contribution in [0.25, 0.3) is 24.3 Å². The fourth-order valence-electron chi connectivity index (χ4n) is 9.07. The first kappa shape index (κ1) is 56.0. The summed E-state index contributed by atoms with van der Waals surface area (Å²) in [6.07, 6.45) is 57.4. The molecule has 75 heavy (non-hydrogen) atoms. The lowest BCUT2D eigenvalue weighted by Crippen LogP contribution is -1.99. The highest BCUT2D eigenvalue weighted by Crippen LogP contribution is 2.39. The number of allylic oxidation sites excluding steroid dienone is 36. The van der Waals surface area contributed by atoms with Gasteiger partial charge in [0, 0.05) is 0 Å². The summed E-state index contributed by atoms with van der Waals surface area (Å²) in [5.74, 6) is 0.913. The molecule has 0 aromatic heterocycles. The van der Waals surface area contributed by atoms with Crippen LogP contribution in [0.3, 0.4) is 0 Å². The van der Waals surface area contributed by atoms with Crippen molar-refractivity contribution in [3.63, 3.8) is 0 Å². The van der Waals surface area contributed by atoms with E-state index in [0.717, 1.165) is 0 Å². The maximum Gasteiger partial charge on any atom is -0.0103 e. The van der Waals surface area contributed by atoms with Gasteiger partial charge >= 0.3 is 0 Å². The Labute approximate surface area is 451 Å². The molecule has 8 rings (SSSR count). The molecule has 0 unspecified atom stereocenters. The Bertz CT molecular complexity index is 3250. The smallest absolute Gasteiger partial charge is 0.0103 e. The van der Waals surface area contributed by atoms with E-state index in [2.05, 4.69) is 310 Å². The number of fused-ring (bicyclic) bond motifs is 2. The number of hydrogen-bond acceptors (Lipinski definition) is 0. The number of benzene rings is 4. The maximum atomic E-state index is 2.38. The fourth-order valence-corrected chi connectivity index (χ4v) is 9.07. The van der Waals surface area contributed by atoms with E-state index >= 15 is 0 Å². The normalized spacial score (nSPS) is 16.4. The van der Waals surface area contributed by atoms with Crippen LogP contribution in [0.2, 0.25) is 0 Å². The van der Waals surface area contributed by atoms with Crippen LogP contribution < -0.4 is 0 Å². The van der Waals surface area contributed by atoms with Crippen molar-refractivity contribution in [2.45, 2.75) is 62.8 Å². The topological polar surface area (TPSA) is 0 Å². The molecule has 0 saturated carbocycles. The highest BCUT2D eigenvalue weighted by atomic mass is 14.3. The molecule has 4 aliphatic carbocycles. The van der Waals surface area contributed by atoms with E-state index in [9.17, 15) is 0 Å². The molecule has 0 heteroatoms. The van der Waals surface area contributed by atoms with Crippen molar-refractivity contribution in [2.75, 3.05) is 0 Å². The molecule has 0 amide bonds. The lowest BCUT2D eigenvalue weighted by atomic mass is 9.87. The lowest BCUT2D eigenvalue weighted by Gasteiger charge is -2.17. The second kappa shape index (κ2) is 28.8. The van der Waals surface area contributed by atoms with Gasteiger partial charge in [0.05, 0.1) is 0 Å². The first-order valence-electron chi connectivity index (χ1n) is 26.1. The molecule has 0 spiro atoms. The van der Waals surface area contributed by atoms with Crippen LogP contribution in [-0.4, -0.2) is 0 Å². The average molecular weight is 977 g/mol. The molecule has 0 heterocycles. The Morgan fingerprint density at radius 2 is 0.760 bits per heavy atom. The summed E-state index contributed by atoms with van der Waals surface area (Å²) in [7, 11) is 0. The molecule has 0 aliphatic heterocycles. The van der Waals surface area contributed by atoms with Crippen LogP contribution in [0.5, 0.6) is 0 Å². The highest BCUT2D eigenvalue weighted by molar-refractivity contribution is 5.72. The Hall–Kier alpha value is -8.32. The van der Waals surface area contributed by atoms with Crippen molar-refractivity contribution in [1.29, 1.82) is 0 Å². The third-order valence-corrected chi connectivity index (χ3v) is 13.4. The molecule has 0 nitrogen and oxygen atoms in total. The predicted octanol–water partition coefficient (Wildman–Crippen LogP) is 21.0. The van der Waals surface area contributed by atoms with E-state index in [0.29, 0.717) is 11.8 Å². The monoisotopic (exact) mass is 977 g/mol. The van der Waals surface area contributed by atoms with E-state index < -0.39 is 0 Å². The molecular formula is C75H76. The first-order valence-corrected chi connectivity index (χ1v) is 26.1. The van der Waals surface area contributed by atoms with Crippen molar-refractivity contribution in [3.8, 4) is 0 Å². The third kappa shape index (κ3) is 16.3. The van der Waals surface area contributed by atoms with Gasteiger partial charge in [-0.05, 0) is 140 Å². The van der Waals surface area contributed by atoms with E-state index in [4.69, 9.17) is 0 Å². The molecular weight excluding hydrogens is 901 g/mol. The summed E-state index contributed by atoms with van der Waals surface area (Å²) >= 11 is 0. The van der Waals surface area contributed by atoms with E-state index in [1.54, 1.807) is 0 Å². The number of rotatable bonds is 14. The lowest BCUT2D eigenvalue weighted by molar-refractivity contribution is 0.791. The average Bonchev–Trinajstić information content (AvgIpc) is 3.82. The summed E-state index contributed by atoms with van der Waals surface area (Å²) in [6.45, 7) is 18.0. The van der Waals surface area contributed by atoms with Gasteiger partial charge < -0.3 is 0 Å². The van der Waals surface area contributed by atoms with Crippen molar-refractivity contribution in [1.82, 2.24) is 0 Å². The van der Waals surface area contributed by atoms with Crippen molar-refractivity contribution >= 4 is 24.3 Å². The van der Waals surface area contributed by atoms with Crippen molar-refractivity contribution in [3.05, 3.63) is 355 Å². The molecule has 4 aromatic carbocycles.